The number of non-ortho nitro benzene ring substituents is 1. The number of anilines is 2. The molecule has 2 heterocycles. The van der Waals surface area contributed by atoms with Crippen molar-refractivity contribution in [2.45, 2.75) is 39.0 Å². The number of nitrogens with zero attached hydrogens (tertiary/aromatic N) is 3. The van der Waals surface area contributed by atoms with E-state index in [-0.39, 0.29) is 17.5 Å². The van der Waals surface area contributed by atoms with Crippen LogP contribution in [0.2, 0.25) is 0 Å². The van der Waals surface area contributed by atoms with Gasteiger partial charge in [-0.2, -0.15) is 0 Å². The SMILES string of the molecule is CC1CCN(C(=O)c2cc(NC(=O)/C=C/c3ccc([N+](=O)[O-])cc3)ccc2N2CCC(Cc3ccccc3)CC2)CC1. The first-order valence-electron chi connectivity index (χ1n) is 14.8. The van der Waals surface area contributed by atoms with Crippen LogP contribution in [0.25, 0.3) is 6.08 Å². The predicted octanol–water partition coefficient (Wildman–Crippen LogP) is 6.58. The number of likely N-dealkylation sites (tertiary alicyclic amines) is 1. The Morgan fingerprint density at radius 3 is 2.29 bits per heavy atom. The molecule has 0 spiro atoms. The van der Waals surface area contributed by atoms with Crippen LogP contribution in [0.15, 0.2) is 78.9 Å². The normalized spacial score (nSPS) is 16.5. The van der Waals surface area contributed by atoms with Gasteiger partial charge >= 0.3 is 0 Å². The highest BCUT2D eigenvalue weighted by Gasteiger charge is 2.27. The summed E-state index contributed by atoms with van der Waals surface area (Å²) in [4.78, 5) is 41.2. The lowest BCUT2D eigenvalue weighted by Crippen LogP contribution is -2.40. The van der Waals surface area contributed by atoms with E-state index in [1.54, 1.807) is 18.2 Å². The second-order valence-electron chi connectivity index (χ2n) is 11.5. The van der Waals surface area contributed by atoms with Gasteiger partial charge in [0.05, 0.1) is 10.5 Å². The van der Waals surface area contributed by atoms with Crippen molar-refractivity contribution in [2.24, 2.45) is 11.8 Å². The summed E-state index contributed by atoms with van der Waals surface area (Å²) in [6, 6.07) is 22.2. The van der Waals surface area contributed by atoms with Crippen LogP contribution in [-0.4, -0.2) is 47.8 Å². The zero-order valence-corrected chi connectivity index (χ0v) is 24.1. The third-order valence-corrected chi connectivity index (χ3v) is 8.42. The summed E-state index contributed by atoms with van der Waals surface area (Å²) in [7, 11) is 0. The molecule has 2 aliphatic heterocycles. The Morgan fingerprint density at radius 2 is 1.62 bits per heavy atom. The fraction of sp³-hybridized carbons (Fsp3) is 0.353. The van der Waals surface area contributed by atoms with Crippen molar-refractivity contribution in [2.75, 3.05) is 36.4 Å². The minimum atomic E-state index is -0.458. The van der Waals surface area contributed by atoms with Crippen molar-refractivity contribution < 1.29 is 14.5 Å². The average molecular weight is 567 g/mol. The third kappa shape index (κ3) is 7.43. The molecule has 2 amide bonds. The highest BCUT2D eigenvalue weighted by molar-refractivity contribution is 6.05. The summed E-state index contributed by atoms with van der Waals surface area (Å²) in [6.07, 6.45) is 8.19. The van der Waals surface area contributed by atoms with Crippen molar-refractivity contribution in [3.8, 4) is 0 Å². The number of amides is 2. The maximum Gasteiger partial charge on any atom is 0.269 e. The van der Waals surface area contributed by atoms with Crippen LogP contribution in [0.1, 0.15) is 54.1 Å². The quantitative estimate of drug-likeness (QED) is 0.189. The summed E-state index contributed by atoms with van der Waals surface area (Å²) in [5, 5.41) is 13.8. The Morgan fingerprint density at radius 1 is 0.929 bits per heavy atom. The summed E-state index contributed by atoms with van der Waals surface area (Å²) in [6.45, 7) is 5.49. The number of hydrogen-bond donors (Lipinski definition) is 1. The molecule has 42 heavy (non-hydrogen) atoms. The molecular weight excluding hydrogens is 528 g/mol. The monoisotopic (exact) mass is 566 g/mol. The second kappa shape index (κ2) is 13.5. The molecule has 1 N–H and O–H groups in total. The van der Waals surface area contributed by atoms with Crippen LogP contribution in [0.4, 0.5) is 17.1 Å². The molecule has 2 fully saturated rings. The first-order valence-corrected chi connectivity index (χ1v) is 14.8. The van der Waals surface area contributed by atoms with Gasteiger partial charge in [-0.15, -0.1) is 0 Å². The number of benzene rings is 3. The first kappa shape index (κ1) is 29.0. The lowest BCUT2D eigenvalue weighted by Gasteiger charge is -2.36. The van der Waals surface area contributed by atoms with Crippen LogP contribution in [-0.2, 0) is 11.2 Å². The Hall–Kier alpha value is -4.46. The van der Waals surface area contributed by atoms with Gasteiger partial charge in [0.1, 0.15) is 0 Å². The number of nitro benzene ring substituents is 1. The number of carbonyl (C=O) groups excluding carboxylic acids is 2. The van der Waals surface area contributed by atoms with Crippen LogP contribution in [0, 0.1) is 22.0 Å². The highest BCUT2D eigenvalue weighted by atomic mass is 16.6. The Labute approximate surface area is 247 Å². The number of carbonyl (C=O) groups is 2. The van der Waals surface area contributed by atoms with E-state index in [9.17, 15) is 19.7 Å². The molecule has 3 aromatic rings. The molecule has 2 aliphatic rings. The molecule has 8 heteroatoms. The van der Waals surface area contributed by atoms with E-state index in [2.05, 4.69) is 47.5 Å². The van der Waals surface area contributed by atoms with Crippen molar-refractivity contribution in [1.82, 2.24) is 4.90 Å². The summed E-state index contributed by atoms with van der Waals surface area (Å²) in [5.74, 6) is 0.909. The Bertz CT molecular complexity index is 1420. The van der Waals surface area contributed by atoms with Gasteiger partial charge in [-0.25, -0.2) is 0 Å². The van der Waals surface area contributed by atoms with Crippen molar-refractivity contribution in [3.05, 3.63) is 106 Å². The van der Waals surface area contributed by atoms with Crippen LogP contribution in [0.5, 0.6) is 0 Å². The van der Waals surface area contributed by atoms with Crippen molar-refractivity contribution >= 4 is 35.0 Å². The topological polar surface area (TPSA) is 95.8 Å². The van der Waals surface area contributed by atoms with E-state index in [0.29, 0.717) is 28.7 Å². The van der Waals surface area contributed by atoms with Crippen molar-refractivity contribution in [1.29, 1.82) is 0 Å². The molecule has 5 rings (SSSR count). The zero-order chi connectivity index (χ0) is 29.5. The van der Waals surface area contributed by atoms with Gasteiger partial charge in [-0.1, -0.05) is 37.3 Å². The average Bonchev–Trinajstić information content (AvgIpc) is 3.01. The number of rotatable bonds is 8. The lowest BCUT2D eigenvalue weighted by molar-refractivity contribution is -0.384. The predicted molar refractivity (Wildman–Crippen MR) is 167 cm³/mol. The lowest BCUT2D eigenvalue weighted by atomic mass is 9.89. The van der Waals surface area contributed by atoms with Crippen LogP contribution >= 0.6 is 0 Å². The first-order chi connectivity index (χ1) is 20.4. The van der Waals surface area contributed by atoms with E-state index < -0.39 is 4.92 Å². The van der Waals surface area contributed by atoms with E-state index in [1.807, 2.05) is 23.1 Å². The number of piperidine rings is 2. The molecule has 0 aliphatic carbocycles. The molecule has 218 valence electrons. The van der Waals surface area contributed by atoms with Gasteiger partial charge in [0.25, 0.3) is 11.6 Å². The fourth-order valence-electron chi connectivity index (χ4n) is 5.83. The molecule has 0 aromatic heterocycles. The van der Waals surface area contributed by atoms with E-state index >= 15 is 0 Å². The third-order valence-electron chi connectivity index (χ3n) is 8.42. The van der Waals surface area contributed by atoms with Gasteiger partial charge in [-0.05, 0) is 91.5 Å². The second-order valence-corrected chi connectivity index (χ2v) is 11.5. The summed E-state index contributed by atoms with van der Waals surface area (Å²) < 4.78 is 0. The zero-order valence-electron chi connectivity index (χ0n) is 24.1. The highest BCUT2D eigenvalue weighted by Crippen LogP contribution is 2.32. The molecule has 8 nitrogen and oxygen atoms in total. The van der Waals surface area contributed by atoms with Gasteiger partial charge in [0, 0.05) is 55.8 Å². The van der Waals surface area contributed by atoms with Crippen LogP contribution < -0.4 is 10.2 Å². The molecule has 0 saturated carbocycles. The maximum atomic E-state index is 13.8. The molecule has 0 atom stereocenters. The molecule has 3 aromatic carbocycles. The molecule has 0 bridgehead atoms. The summed E-state index contributed by atoms with van der Waals surface area (Å²) >= 11 is 0. The molecule has 0 radical (unpaired) electrons. The van der Waals surface area contributed by atoms with E-state index in [4.69, 9.17) is 0 Å². The maximum absolute atomic E-state index is 13.8. The Balaban J connectivity index is 1.30. The molecular formula is C34H38N4O4. The van der Waals surface area contributed by atoms with Gasteiger partial charge < -0.3 is 15.1 Å². The summed E-state index contributed by atoms with van der Waals surface area (Å²) in [5.41, 5.74) is 4.16. The van der Waals surface area contributed by atoms with Gasteiger partial charge in [0.15, 0.2) is 0 Å². The standard InChI is InChI=1S/C34H38N4O4/c1-25-15-19-37(20-16-25)34(40)31-24-29(35-33(39)14-9-26-7-11-30(12-8-26)38(41)42)10-13-32(31)36-21-17-28(18-22-36)23-27-5-3-2-4-6-27/h2-14,24-25,28H,15-23H2,1H3,(H,35,39)/b14-9+. The molecule has 0 unspecified atom stereocenters. The molecule has 2 saturated heterocycles. The van der Waals surface area contributed by atoms with Gasteiger partial charge in [0.2, 0.25) is 5.91 Å². The smallest absolute Gasteiger partial charge is 0.269 e. The fourth-order valence-corrected chi connectivity index (χ4v) is 5.83. The number of hydrogen-bond acceptors (Lipinski definition) is 5. The van der Waals surface area contributed by atoms with E-state index in [1.165, 1.54) is 23.8 Å². The minimum absolute atomic E-state index is 0.00234. The largest absolute Gasteiger partial charge is 0.371 e. The van der Waals surface area contributed by atoms with Crippen molar-refractivity contribution in [3.63, 3.8) is 0 Å². The Kier molecular flexibility index (Phi) is 9.31. The minimum Gasteiger partial charge on any atom is -0.371 e. The van der Waals surface area contributed by atoms with Crippen LogP contribution in [0.3, 0.4) is 0 Å². The number of nitro groups is 1. The van der Waals surface area contributed by atoms with E-state index in [0.717, 1.165) is 64.0 Å². The van der Waals surface area contributed by atoms with Gasteiger partial charge in [-0.3, -0.25) is 19.7 Å². The number of nitrogens with one attached hydrogen (secondary N) is 1.